The van der Waals surface area contributed by atoms with Crippen LogP contribution in [0.4, 0.5) is 0 Å². The minimum atomic E-state index is -0.349. The van der Waals surface area contributed by atoms with Gasteiger partial charge in [-0.25, -0.2) is 0 Å². The van der Waals surface area contributed by atoms with Crippen LogP contribution in [0, 0.1) is 0 Å². The van der Waals surface area contributed by atoms with Crippen molar-refractivity contribution in [1.82, 2.24) is 14.8 Å². The molecule has 1 fully saturated rings. The minimum Gasteiger partial charge on any atom is -0.350 e. The Morgan fingerprint density at radius 2 is 2.03 bits per heavy atom. The third-order valence-corrected chi connectivity index (χ3v) is 6.63. The number of hydrogen-bond donors (Lipinski definition) is 1. The van der Waals surface area contributed by atoms with E-state index >= 15 is 0 Å². The van der Waals surface area contributed by atoms with Crippen molar-refractivity contribution in [2.75, 3.05) is 6.54 Å². The maximum Gasteiger partial charge on any atom is 0.223 e. The molecule has 0 spiro atoms. The number of hydrogen-bond acceptors (Lipinski definition) is 2. The zero-order chi connectivity index (χ0) is 20.4. The first-order valence-corrected chi connectivity index (χ1v) is 10.9. The highest BCUT2D eigenvalue weighted by Gasteiger charge is 2.39. The Morgan fingerprint density at radius 1 is 1.24 bits per heavy atom. The molecule has 4 rings (SSSR count). The van der Waals surface area contributed by atoms with Gasteiger partial charge in [0, 0.05) is 48.4 Å². The fourth-order valence-corrected chi connectivity index (χ4v) is 4.98. The highest BCUT2D eigenvalue weighted by atomic mass is 35.5. The van der Waals surface area contributed by atoms with Crippen molar-refractivity contribution in [2.24, 2.45) is 0 Å². The van der Waals surface area contributed by atoms with Crippen LogP contribution in [0.1, 0.15) is 56.3 Å². The van der Waals surface area contributed by atoms with Gasteiger partial charge in [0.2, 0.25) is 11.8 Å². The molecule has 29 heavy (non-hydrogen) atoms. The van der Waals surface area contributed by atoms with Gasteiger partial charge in [0.15, 0.2) is 0 Å². The highest BCUT2D eigenvalue weighted by molar-refractivity contribution is 6.30. The molecule has 1 aromatic carbocycles. The SMILES string of the molecule is CC[C@H]1c2cccn2CCN1C(=O)CC[C@@]1(Cc2ccc(Cl)cc2)CCC(=O)N1. The Bertz CT molecular complexity index is 892. The van der Waals surface area contributed by atoms with Gasteiger partial charge in [-0.15, -0.1) is 0 Å². The zero-order valence-electron chi connectivity index (χ0n) is 16.9. The summed E-state index contributed by atoms with van der Waals surface area (Å²) in [6.07, 6.45) is 6.12. The zero-order valence-corrected chi connectivity index (χ0v) is 17.6. The molecule has 2 amide bonds. The standard InChI is InChI=1S/C23H28ClN3O2/c1-2-19-20-4-3-13-26(20)14-15-27(19)22(29)10-12-23(11-9-21(28)25-23)16-17-5-7-18(24)8-6-17/h3-8,13,19H,2,9-12,14-16H2,1H3,(H,25,28)/t19-,23+/m0/s1. The maximum absolute atomic E-state index is 13.2. The number of fused-ring (bicyclic) bond motifs is 1. The van der Waals surface area contributed by atoms with Crippen molar-refractivity contribution in [3.05, 3.63) is 58.9 Å². The van der Waals surface area contributed by atoms with Gasteiger partial charge in [-0.1, -0.05) is 30.7 Å². The molecule has 2 atom stereocenters. The molecule has 0 saturated carbocycles. The highest BCUT2D eigenvalue weighted by Crippen LogP contribution is 2.33. The van der Waals surface area contributed by atoms with Crippen LogP contribution < -0.4 is 5.32 Å². The Morgan fingerprint density at radius 3 is 2.72 bits per heavy atom. The molecule has 3 heterocycles. The van der Waals surface area contributed by atoms with Crippen LogP contribution in [0.5, 0.6) is 0 Å². The molecule has 0 unspecified atom stereocenters. The summed E-state index contributed by atoms with van der Waals surface area (Å²) in [5, 5.41) is 3.88. The van der Waals surface area contributed by atoms with Crippen LogP contribution in [0.25, 0.3) is 0 Å². The number of rotatable bonds is 6. The largest absolute Gasteiger partial charge is 0.350 e. The van der Waals surface area contributed by atoms with Crippen molar-refractivity contribution in [1.29, 1.82) is 0 Å². The number of halogens is 1. The average Bonchev–Trinajstić information content (AvgIpc) is 3.34. The van der Waals surface area contributed by atoms with Gasteiger partial charge in [0.1, 0.15) is 0 Å². The topological polar surface area (TPSA) is 54.3 Å². The van der Waals surface area contributed by atoms with E-state index in [0.717, 1.165) is 37.9 Å². The van der Waals surface area contributed by atoms with Gasteiger partial charge in [0.25, 0.3) is 0 Å². The lowest BCUT2D eigenvalue weighted by molar-refractivity contribution is -0.135. The molecular weight excluding hydrogens is 386 g/mol. The summed E-state index contributed by atoms with van der Waals surface area (Å²) in [4.78, 5) is 27.2. The molecule has 2 aliphatic heterocycles. The van der Waals surface area contributed by atoms with Gasteiger partial charge in [0.05, 0.1) is 6.04 Å². The Hall–Kier alpha value is -2.27. The molecule has 1 aromatic heterocycles. The van der Waals surface area contributed by atoms with Gasteiger partial charge in [-0.3, -0.25) is 9.59 Å². The number of carbonyl (C=O) groups excluding carboxylic acids is 2. The summed E-state index contributed by atoms with van der Waals surface area (Å²) in [6, 6.07) is 12.1. The van der Waals surface area contributed by atoms with E-state index in [1.165, 1.54) is 5.69 Å². The summed E-state index contributed by atoms with van der Waals surface area (Å²) in [7, 11) is 0. The van der Waals surface area contributed by atoms with E-state index in [4.69, 9.17) is 11.6 Å². The van der Waals surface area contributed by atoms with Crippen molar-refractivity contribution in [2.45, 2.75) is 63.6 Å². The molecule has 2 aliphatic rings. The first-order chi connectivity index (χ1) is 14.0. The monoisotopic (exact) mass is 413 g/mol. The van der Waals surface area contributed by atoms with Crippen molar-refractivity contribution in [3.63, 3.8) is 0 Å². The fraction of sp³-hybridized carbons (Fsp3) is 0.478. The first-order valence-electron chi connectivity index (χ1n) is 10.5. The molecule has 6 heteroatoms. The van der Waals surface area contributed by atoms with Crippen LogP contribution in [0.15, 0.2) is 42.6 Å². The third-order valence-electron chi connectivity index (χ3n) is 6.38. The molecule has 1 N–H and O–H groups in total. The minimum absolute atomic E-state index is 0.0775. The second-order valence-corrected chi connectivity index (χ2v) is 8.71. The molecule has 0 bridgehead atoms. The predicted molar refractivity (Wildman–Crippen MR) is 114 cm³/mol. The summed E-state index contributed by atoms with van der Waals surface area (Å²) in [6.45, 7) is 3.72. The third kappa shape index (κ3) is 4.20. The summed E-state index contributed by atoms with van der Waals surface area (Å²) < 4.78 is 2.25. The first kappa shape index (κ1) is 20.0. The second-order valence-electron chi connectivity index (χ2n) is 8.27. The molecule has 154 valence electrons. The lowest BCUT2D eigenvalue weighted by atomic mass is 9.84. The van der Waals surface area contributed by atoms with Gasteiger partial charge >= 0.3 is 0 Å². The lowest BCUT2D eigenvalue weighted by Crippen LogP contribution is -2.46. The Labute approximate surface area is 177 Å². The fourth-order valence-electron chi connectivity index (χ4n) is 4.86. The number of aromatic nitrogens is 1. The van der Waals surface area contributed by atoms with E-state index in [9.17, 15) is 9.59 Å². The molecule has 0 radical (unpaired) electrons. The predicted octanol–water partition coefficient (Wildman–Crippen LogP) is 4.11. The van der Waals surface area contributed by atoms with E-state index in [-0.39, 0.29) is 23.4 Å². The Balaban J connectivity index is 1.45. The number of nitrogens with zero attached hydrogens (tertiary/aromatic N) is 2. The van der Waals surface area contributed by atoms with E-state index in [1.807, 2.05) is 29.2 Å². The van der Waals surface area contributed by atoms with Crippen LogP contribution in [0.3, 0.4) is 0 Å². The lowest BCUT2D eigenvalue weighted by Gasteiger charge is -2.37. The molecule has 2 aromatic rings. The van der Waals surface area contributed by atoms with E-state index < -0.39 is 0 Å². The molecule has 5 nitrogen and oxygen atoms in total. The molecule has 1 saturated heterocycles. The number of amides is 2. The van der Waals surface area contributed by atoms with Crippen molar-refractivity contribution in [3.8, 4) is 0 Å². The number of benzene rings is 1. The van der Waals surface area contributed by atoms with Gasteiger partial charge in [-0.2, -0.15) is 0 Å². The smallest absolute Gasteiger partial charge is 0.223 e. The quantitative estimate of drug-likeness (QED) is 0.774. The van der Waals surface area contributed by atoms with Crippen molar-refractivity contribution < 1.29 is 9.59 Å². The Kier molecular flexibility index (Phi) is 5.68. The molecular formula is C23H28ClN3O2. The van der Waals surface area contributed by atoms with Crippen LogP contribution >= 0.6 is 11.6 Å². The van der Waals surface area contributed by atoms with E-state index in [1.54, 1.807) is 0 Å². The van der Waals surface area contributed by atoms with E-state index in [2.05, 4.69) is 35.1 Å². The van der Waals surface area contributed by atoms with Crippen molar-refractivity contribution >= 4 is 23.4 Å². The maximum atomic E-state index is 13.2. The summed E-state index contributed by atoms with van der Waals surface area (Å²) in [5.74, 6) is 0.259. The second kappa shape index (κ2) is 8.23. The average molecular weight is 414 g/mol. The number of carbonyl (C=O) groups is 2. The van der Waals surface area contributed by atoms with Gasteiger partial charge < -0.3 is 14.8 Å². The van der Waals surface area contributed by atoms with Gasteiger partial charge in [-0.05, 0) is 55.5 Å². The van der Waals surface area contributed by atoms with Crippen LogP contribution in [0.2, 0.25) is 5.02 Å². The molecule has 0 aliphatic carbocycles. The normalized spacial score (nSPS) is 23.7. The van der Waals surface area contributed by atoms with E-state index in [0.29, 0.717) is 24.3 Å². The van der Waals surface area contributed by atoms with Crippen LogP contribution in [-0.4, -0.2) is 33.4 Å². The number of nitrogens with one attached hydrogen (secondary N) is 1. The summed E-state index contributed by atoms with van der Waals surface area (Å²) in [5.41, 5.74) is 2.00. The summed E-state index contributed by atoms with van der Waals surface area (Å²) >= 11 is 6.01. The van der Waals surface area contributed by atoms with Crippen LogP contribution in [-0.2, 0) is 22.6 Å².